The van der Waals surface area contributed by atoms with Crippen molar-refractivity contribution in [3.8, 4) is 5.75 Å². The first-order valence-corrected chi connectivity index (χ1v) is 10.8. The van der Waals surface area contributed by atoms with E-state index in [1.165, 1.54) is 9.80 Å². The SMILES string of the molecule is CN(C)C(=O)C(CCN1C(=O)c2ccccc2C1=O)(Cc1ccccc1O)c1ccccc1. The second-order valence-electron chi connectivity index (χ2n) is 8.51. The number of amides is 3. The molecule has 1 aliphatic heterocycles. The molecule has 0 spiro atoms. The van der Waals surface area contributed by atoms with Crippen LogP contribution in [0.5, 0.6) is 5.75 Å². The number of likely N-dealkylation sites (N-methyl/N-ethyl adjacent to an activating group) is 1. The first-order valence-electron chi connectivity index (χ1n) is 10.8. The molecule has 1 heterocycles. The summed E-state index contributed by atoms with van der Waals surface area (Å²) in [5, 5.41) is 10.5. The lowest BCUT2D eigenvalue weighted by molar-refractivity contribution is -0.135. The number of rotatable bonds is 7. The predicted octanol–water partition coefficient (Wildman–Crippen LogP) is 3.65. The summed E-state index contributed by atoms with van der Waals surface area (Å²) in [4.78, 5) is 42.4. The summed E-state index contributed by atoms with van der Waals surface area (Å²) in [5.41, 5.74) is 1.07. The molecular formula is C27H26N2O4. The minimum atomic E-state index is -1.08. The molecule has 168 valence electrons. The smallest absolute Gasteiger partial charge is 0.261 e. The first kappa shape index (κ1) is 22.3. The van der Waals surface area contributed by atoms with E-state index in [-0.39, 0.29) is 42.9 Å². The van der Waals surface area contributed by atoms with E-state index in [9.17, 15) is 19.5 Å². The van der Waals surface area contributed by atoms with E-state index in [2.05, 4.69) is 0 Å². The fraction of sp³-hybridized carbons (Fsp3) is 0.222. The molecule has 3 amide bonds. The molecule has 0 fully saturated rings. The highest BCUT2D eigenvalue weighted by Crippen LogP contribution is 2.37. The number of aromatic hydroxyl groups is 1. The van der Waals surface area contributed by atoms with Crippen molar-refractivity contribution in [2.45, 2.75) is 18.3 Å². The maximum absolute atomic E-state index is 13.7. The number of hydrogen-bond acceptors (Lipinski definition) is 4. The minimum Gasteiger partial charge on any atom is -0.508 e. The molecular weight excluding hydrogens is 416 g/mol. The molecule has 0 saturated heterocycles. The van der Waals surface area contributed by atoms with Crippen molar-refractivity contribution < 1.29 is 19.5 Å². The lowest BCUT2D eigenvalue weighted by atomic mass is 9.71. The van der Waals surface area contributed by atoms with Gasteiger partial charge in [0, 0.05) is 20.6 Å². The highest BCUT2D eigenvalue weighted by Gasteiger charge is 2.44. The standard InChI is InChI=1S/C27H26N2O4/c1-28(2)26(33)27(20-11-4-3-5-12-20,18-19-10-6-9-15-23(19)30)16-17-29-24(31)21-13-7-8-14-22(21)25(29)32/h3-15,30H,16-18H2,1-2H3. The predicted molar refractivity (Wildman–Crippen MR) is 125 cm³/mol. The van der Waals surface area contributed by atoms with Crippen LogP contribution in [0.3, 0.4) is 0 Å². The number of carbonyl (C=O) groups is 3. The van der Waals surface area contributed by atoms with Gasteiger partial charge < -0.3 is 10.0 Å². The van der Waals surface area contributed by atoms with Gasteiger partial charge in [0.2, 0.25) is 5.91 Å². The number of fused-ring (bicyclic) bond motifs is 1. The number of phenols is 1. The van der Waals surface area contributed by atoms with Crippen LogP contribution in [0.4, 0.5) is 0 Å². The van der Waals surface area contributed by atoms with E-state index in [0.717, 1.165) is 5.56 Å². The molecule has 3 aromatic carbocycles. The largest absolute Gasteiger partial charge is 0.508 e. The van der Waals surface area contributed by atoms with E-state index < -0.39 is 5.41 Å². The summed E-state index contributed by atoms with van der Waals surface area (Å²) in [7, 11) is 3.37. The van der Waals surface area contributed by atoms with Crippen molar-refractivity contribution >= 4 is 17.7 Å². The number of nitrogens with zero attached hydrogens (tertiary/aromatic N) is 2. The van der Waals surface area contributed by atoms with Crippen molar-refractivity contribution in [2.75, 3.05) is 20.6 Å². The summed E-state index contributed by atoms with van der Waals surface area (Å²) in [5.74, 6) is -0.756. The molecule has 3 aromatic rings. The van der Waals surface area contributed by atoms with Crippen molar-refractivity contribution in [1.82, 2.24) is 9.80 Å². The molecule has 1 unspecified atom stereocenters. The number of hydrogen-bond donors (Lipinski definition) is 1. The minimum absolute atomic E-state index is 0.0778. The van der Waals surface area contributed by atoms with E-state index in [4.69, 9.17) is 0 Å². The van der Waals surface area contributed by atoms with Crippen LogP contribution in [0.2, 0.25) is 0 Å². The topological polar surface area (TPSA) is 77.9 Å². The number of imide groups is 1. The number of phenolic OH excluding ortho intramolecular Hbond substituents is 1. The molecule has 6 heteroatoms. The van der Waals surface area contributed by atoms with Crippen molar-refractivity contribution in [3.05, 3.63) is 101 Å². The summed E-state index contributed by atoms with van der Waals surface area (Å²) in [6, 6.07) is 23.0. The van der Waals surface area contributed by atoms with Gasteiger partial charge in [-0.1, -0.05) is 60.7 Å². The Morgan fingerprint density at radius 2 is 1.39 bits per heavy atom. The Bertz CT molecular complexity index is 1170. The third kappa shape index (κ3) is 4.00. The fourth-order valence-corrected chi connectivity index (χ4v) is 4.56. The van der Waals surface area contributed by atoms with Crippen molar-refractivity contribution in [1.29, 1.82) is 0 Å². The van der Waals surface area contributed by atoms with Crippen LogP contribution in [0.25, 0.3) is 0 Å². The zero-order valence-electron chi connectivity index (χ0n) is 18.7. The number of carbonyl (C=O) groups excluding carboxylic acids is 3. The molecule has 0 radical (unpaired) electrons. The maximum atomic E-state index is 13.7. The second kappa shape index (κ2) is 8.90. The molecule has 0 aliphatic carbocycles. The molecule has 0 saturated carbocycles. The van der Waals surface area contributed by atoms with E-state index in [1.54, 1.807) is 56.6 Å². The Morgan fingerprint density at radius 3 is 1.97 bits per heavy atom. The molecule has 1 N–H and O–H groups in total. The third-order valence-electron chi connectivity index (χ3n) is 6.27. The summed E-state index contributed by atoms with van der Waals surface area (Å²) in [6.07, 6.45) is 0.442. The monoisotopic (exact) mass is 442 g/mol. The normalized spacial score (nSPS) is 14.7. The quantitative estimate of drug-likeness (QED) is 0.567. The van der Waals surface area contributed by atoms with E-state index in [1.807, 2.05) is 36.4 Å². The number of para-hydroxylation sites is 1. The summed E-state index contributed by atoms with van der Waals surface area (Å²) < 4.78 is 0. The first-order chi connectivity index (χ1) is 15.8. The van der Waals surface area contributed by atoms with Gasteiger partial charge in [-0.2, -0.15) is 0 Å². The molecule has 6 nitrogen and oxygen atoms in total. The Labute approximate surface area is 193 Å². The average molecular weight is 443 g/mol. The highest BCUT2D eigenvalue weighted by molar-refractivity contribution is 6.21. The molecule has 0 aromatic heterocycles. The third-order valence-corrected chi connectivity index (χ3v) is 6.27. The average Bonchev–Trinajstić information content (AvgIpc) is 3.08. The van der Waals surface area contributed by atoms with Crippen LogP contribution < -0.4 is 0 Å². The molecule has 0 bridgehead atoms. The number of benzene rings is 3. The Morgan fingerprint density at radius 1 is 0.848 bits per heavy atom. The highest BCUT2D eigenvalue weighted by atomic mass is 16.3. The lowest BCUT2D eigenvalue weighted by Crippen LogP contribution is -2.48. The van der Waals surface area contributed by atoms with Crippen LogP contribution >= 0.6 is 0 Å². The zero-order chi connectivity index (χ0) is 23.6. The van der Waals surface area contributed by atoms with Gasteiger partial charge in [0.25, 0.3) is 11.8 Å². The Kier molecular flexibility index (Phi) is 6.01. The lowest BCUT2D eigenvalue weighted by Gasteiger charge is -2.36. The van der Waals surface area contributed by atoms with Crippen molar-refractivity contribution in [3.63, 3.8) is 0 Å². The van der Waals surface area contributed by atoms with Crippen molar-refractivity contribution in [2.24, 2.45) is 0 Å². The summed E-state index contributed by atoms with van der Waals surface area (Å²) in [6.45, 7) is 0.0778. The van der Waals surface area contributed by atoms with Gasteiger partial charge in [-0.25, -0.2) is 0 Å². The molecule has 33 heavy (non-hydrogen) atoms. The van der Waals surface area contributed by atoms with Crippen LogP contribution in [-0.4, -0.2) is 53.3 Å². The van der Waals surface area contributed by atoms with Gasteiger partial charge >= 0.3 is 0 Å². The van der Waals surface area contributed by atoms with Gasteiger partial charge in [-0.15, -0.1) is 0 Å². The van der Waals surface area contributed by atoms with Gasteiger partial charge in [0.1, 0.15) is 5.75 Å². The van der Waals surface area contributed by atoms with Crippen LogP contribution in [-0.2, 0) is 16.6 Å². The Hall–Kier alpha value is -3.93. The molecule has 1 atom stereocenters. The maximum Gasteiger partial charge on any atom is 0.261 e. The summed E-state index contributed by atoms with van der Waals surface area (Å²) >= 11 is 0. The Balaban J connectivity index is 1.75. The van der Waals surface area contributed by atoms with Crippen LogP contribution in [0.1, 0.15) is 38.3 Å². The van der Waals surface area contributed by atoms with Crippen LogP contribution in [0.15, 0.2) is 78.9 Å². The van der Waals surface area contributed by atoms with E-state index in [0.29, 0.717) is 16.7 Å². The zero-order valence-corrected chi connectivity index (χ0v) is 18.7. The van der Waals surface area contributed by atoms with Gasteiger partial charge in [-0.3, -0.25) is 19.3 Å². The second-order valence-corrected chi connectivity index (χ2v) is 8.51. The molecule has 4 rings (SSSR count). The van der Waals surface area contributed by atoms with Crippen LogP contribution in [0, 0.1) is 0 Å². The van der Waals surface area contributed by atoms with E-state index >= 15 is 0 Å². The fourth-order valence-electron chi connectivity index (χ4n) is 4.56. The van der Waals surface area contributed by atoms with Gasteiger partial charge in [-0.05, 0) is 42.2 Å². The van der Waals surface area contributed by atoms with Gasteiger partial charge in [0.15, 0.2) is 0 Å². The molecule has 1 aliphatic rings. The van der Waals surface area contributed by atoms with Gasteiger partial charge in [0.05, 0.1) is 16.5 Å².